The molecule has 0 bridgehead atoms. The van der Waals surface area contributed by atoms with Crippen LogP contribution in [0.5, 0.6) is 5.75 Å². The van der Waals surface area contributed by atoms with E-state index in [0.29, 0.717) is 17.6 Å². The normalized spacial score (nSPS) is 10.5. The number of hydrogen-bond acceptors (Lipinski definition) is 3. The maximum absolute atomic E-state index is 6.06. The van der Waals surface area contributed by atoms with Crippen LogP contribution in [-0.4, -0.2) is 16.6 Å². The zero-order valence-corrected chi connectivity index (χ0v) is 13.1. The van der Waals surface area contributed by atoms with Crippen LogP contribution in [0.1, 0.15) is 19.0 Å². The van der Waals surface area contributed by atoms with Gasteiger partial charge in [-0.25, -0.2) is 9.97 Å². The summed E-state index contributed by atoms with van der Waals surface area (Å²) >= 11 is 9.42. The zero-order valence-electron chi connectivity index (χ0n) is 10.8. The molecule has 0 fully saturated rings. The summed E-state index contributed by atoms with van der Waals surface area (Å²) in [4.78, 5) is 8.70. The molecule has 0 atom stereocenters. The molecule has 0 saturated carbocycles. The van der Waals surface area contributed by atoms with Gasteiger partial charge < -0.3 is 4.74 Å². The van der Waals surface area contributed by atoms with Crippen LogP contribution in [0.25, 0.3) is 11.4 Å². The van der Waals surface area contributed by atoms with Gasteiger partial charge in [-0.2, -0.15) is 0 Å². The van der Waals surface area contributed by atoms with Crippen molar-refractivity contribution in [3.05, 3.63) is 39.6 Å². The first kappa shape index (κ1) is 14.3. The van der Waals surface area contributed by atoms with Crippen molar-refractivity contribution in [2.45, 2.75) is 20.3 Å². The Labute approximate surface area is 126 Å². The average molecular weight is 342 g/mol. The van der Waals surface area contributed by atoms with Crippen LogP contribution < -0.4 is 4.74 Å². The van der Waals surface area contributed by atoms with E-state index in [0.717, 1.165) is 27.9 Å². The molecule has 0 aliphatic heterocycles. The van der Waals surface area contributed by atoms with Crippen molar-refractivity contribution in [2.75, 3.05) is 6.61 Å². The standard InChI is InChI=1S/C14H14BrClN2O/c1-3-7-19-11-6-4-5-10(8-11)14-17-9(2)12(15)13(16)18-14/h4-6,8H,3,7H2,1-2H3. The van der Waals surface area contributed by atoms with E-state index in [1.807, 2.05) is 31.2 Å². The number of aryl methyl sites for hydroxylation is 1. The molecule has 0 aliphatic rings. The van der Waals surface area contributed by atoms with Gasteiger partial charge in [0.15, 0.2) is 5.82 Å². The number of rotatable bonds is 4. The van der Waals surface area contributed by atoms with Gasteiger partial charge in [0.1, 0.15) is 10.9 Å². The Morgan fingerprint density at radius 2 is 2.11 bits per heavy atom. The minimum absolute atomic E-state index is 0.419. The molecule has 1 heterocycles. The first-order valence-corrected chi connectivity index (χ1v) is 7.21. The van der Waals surface area contributed by atoms with E-state index in [4.69, 9.17) is 16.3 Å². The lowest BCUT2D eigenvalue weighted by molar-refractivity contribution is 0.317. The summed E-state index contributed by atoms with van der Waals surface area (Å²) in [7, 11) is 0. The van der Waals surface area contributed by atoms with Gasteiger partial charge in [0.25, 0.3) is 0 Å². The number of benzene rings is 1. The van der Waals surface area contributed by atoms with E-state index in [1.165, 1.54) is 0 Å². The number of aromatic nitrogens is 2. The molecule has 0 radical (unpaired) electrons. The minimum Gasteiger partial charge on any atom is -0.494 e. The molecule has 3 nitrogen and oxygen atoms in total. The van der Waals surface area contributed by atoms with Gasteiger partial charge in [0.2, 0.25) is 0 Å². The molecule has 0 spiro atoms. The highest BCUT2D eigenvalue weighted by Gasteiger charge is 2.09. The Morgan fingerprint density at radius 1 is 1.32 bits per heavy atom. The number of hydrogen-bond donors (Lipinski definition) is 0. The Hall–Kier alpha value is -1.13. The van der Waals surface area contributed by atoms with Gasteiger partial charge in [-0.1, -0.05) is 30.7 Å². The topological polar surface area (TPSA) is 35.0 Å². The van der Waals surface area contributed by atoms with Crippen molar-refractivity contribution < 1.29 is 4.74 Å². The van der Waals surface area contributed by atoms with Crippen LogP contribution in [0, 0.1) is 6.92 Å². The lowest BCUT2D eigenvalue weighted by Gasteiger charge is -2.08. The van der Waals surface area contributed by atoms with Gasteiger partial charge in [-0.3, -0.25) is 0 Å². The van der Waals surface area contributed by atoms with Crippen LogP contribution in [-0.2, 0) is 0 Å². The number of nitrogens with zero attached hydrogens (tertiary/aromatic N) is 2. The molecule has 19 heavy (non-hydrogen) atoms. The fourth-order valence-corrected chi connectivity index (χ4v) is 1.99. The largest absolute Gasteiger partial charge is 0.494 e. The molecule has 0 saturated heterocycles. The van der Waals surface area contributed by atoms with Crippen molar-refractivity contribution in [3.8, 4) is 17.1 Å². The SMILES string of the molecule is CCCOc1cccc(-c2nc(C)c(Br)c(Cl)n2)c1. The molecule has 0 N–H and O–H groups in total. The van der Waals surface area contributed by atoms with Gasteiger partial charge in [0, 0.05) is 5.56 Å². The third kappa shape index (κ3) is 3.45. The number of ether oxygens (including phenoxy) is 1. The van der Waals surface area contributed by atoms with Crippen LogP contribution in [0.3, 0.4) is 0 Å². The predicted molar refractivity (Wildman–Crippen MR) is 80.7 cm³/mol. The maximum atomic E-state index is 6.06. The molecular formula is C14H14BrClN2O. The van der Waals surface area contributed by atoms with Crippen LogP contribution >= 0.6 is 27.5 Å². The van der Waals surface area contributed by atoms with Crippen molar-refractivity contribution in [1.82, 2.24) is 9.97 Å². The Kier molecular flexibility index (Phi) is 4.77. The summed E-state index contributed by atoms with van der Waals surface area (Å²) in [5.74, 6) is 1.42. The maximum Gasteiger partial charge on any atom is 0.161 e. The monoisotopic (exact) mass is 340 g/mol. The molecule has 1 aromatic carbocycles. The summed E-state index contributed by atoms with van der Waals surface area (Å²) in [6, 6.07) is 7.72. The summed E-state index contributed by atoms with van der Waals surface area (Å²) in [5, 5.41) is 0.419. The van der Waals surface area contributed by atoms with Crippen LogP contribution in [0.4, 0.5) is 0 Å². The van der Waals surface area contributed by atoms with Crippen molar-refractivity contribution >= 4 is 27.5 Å². The second kappa shape index (κ2) is 6.35. The zero-order chi connectivity index (χ0) is 13.8. The first-order chi connectivity index (χ1) is 9.11. The fraction of sp³-hybridized carbons (Fsp3) is 0.286. The Balaban J connectivity index is 2.36. The smallest absolute Gasteiger partial charge is 0.161 e. The second-order valence-electron chi connectivity index (χ2n) is 4.11. The summed E-state index contributed by atoms with van der Waals surface area (Å²) < 4.78 is 6.34. The molecule has 1 aromatic heterocycles. The summed E-state index contributed by atoms with van der Waals surface area (Å²) in [5.41, 5.74) is 1.71. The van der Waals surface area contributed by atoms with Gasteiger partial charge in [-0.05, 0) is 41.4 Å². The Bertz CT molecular complexity index is 566. The molecule has 2 aromatic rings. The van der Waals surface area contributed by atoms with Gasteiger partial charge >= 0.3 is 0 Å². The highest BCUT2D eigenvalue weighted by atomic mass is 79.9. The van der Waals surface area contributed by atoms with E-state index >= 15 is 0 Å². The average Bonchev–Trinajstić information content (AvgIpc) is 2.42. The molecule has 2 rings (SSSR count). The summed E-state index contributed by atoms with van der Waals surface area (Å²) in [6.07, 6.45) is 0.976. The van der Waals surface area contributed by atoms with Crippen molar-refractivity contribution in [1.29, 1.82) is 0 Å². The summed E-state index contributed by atoms with van der Waals surface area (Å²) in [6.45, 7) is 4.66. The molecule has 0 unspecified atom stereocenters. The third-order valence-corrected chi connectivity index (χ3v) is 3.99. The van der Waals surface area contributed by atoms with E-state index in [9.17, 15) is 0 Å². The third-order valence-electron chi connectivity index (χ3n) is 2.54. The van der Waals surface area contributed by atoms with E-state index in [-0.39, 0.29) is 0 Å². The van der Waals surface area contributed by atoms with Gasteiger partial charge in [-0.15, -0.1) is 0 Å². The highest BCUT2D eigenvalue weighted by Crippen LogP contribution is 2.27. The number of halogens is 2. The van der Waals surface area contributed by atoms with E-state index in [2.05, 4.69) is 32.8 Å². The molecular weight excluding hydrogens is 328 g/mol. The molecule has 0 aliphatic carbocycles. The molecule has 0 amide bonds. The van der Waals surface area contributed by atoms with Crippen molar-refractivity contribution in [2.24, 2.45) is 0 Å². The highest BCUT2D eigenvalue weighted by molar-refractivity contribution is 9.10. The first-order valence-electron chi connectivity index (χ1n) is 6.04. The van der Waals surface area contributed by atoms with Crippen molar-refractivity contribution in [3.63, 3.8) is 0 Å². The second-order valence-corrected chi connectivity index (χ2v) is 5.26. The lowest BCUT2D eigenvalue weighted by Crippen LogP contribution is -1.97. The predicted octanol–water partition coefficient (Wildman–Crippen LogP) is 4.66. The molecule has 5 heteroatoms. The minimum atomic E-state index is 0.419. The fourth-order valence-electron chi connectivity index (χ4n) is 1.60. The molecule has 100 valence electrons. The van der Waals surface area contributed by atoms with E-state index < -0.39 is 0 Å². The lowest BCUT2D eigenvalue weighted by atomic mass is 10.2. The van der Waals surface area contributed by atoms with E-state index in [1.54, 1.807) is 0 Å². The quantitative estimate of drug-likeness (QED) is 0.759. The van der Waals surface area contributed by atoms with Crippen LogP contribution in [0.2, 0.25) is 5.15 Å². The van der Waals surface area contributed by atoms with Gasteiger partial charge in [0.05, 0.1) is 16.8 Å². The Morgan fingerprint density at radius 3 is 2.79 bits per heavy atom. The van der Waals surface area contributed by atoms with Crippen LogP contribution in [0.15, 0.2) is 28.7 Å².